The molecule has 0 aliphatic rings. The summed E-state index contributed by atoms with van der Waals surface area (Å²) in [6, 6.07) is 6.09. The van der Waals surface area contributed by atoms with Gasteiger partial charge in [0.15, 0.2) is 5.78 Å². The van der Waals surface area contributed by atoms with Crippen LogP contribution < -0.4 is 0 Å². The molecule has 0 aliphatic heterocycles. The van der Waals surface area contributed by atoms with Gasteiger partial charge >= 0.3 is 6.18 Å². The Hall–Kier alpha value is -1.07. The number of rotatable bonds is 5. The van der Waals surface area contributed by atoms with E-state index in [-0.39, 0.29) is 18.9 Å². The van der Waals surface area contributed by atoms with E-state index in [0.29, 0.717) is 10.6 Å². The first kappa shape index (κ1) is 15.0. The number of hydrogen-bond donors (Lipinski definition) is 0. The molecule has 0 saturated carbocycles. The first-order valence-corrected chi connectivity index (χ1v) is 5.77. The maximum absolute atomic E-state index is 12.2. The van der Waals surface area contributed by atoms with Crippen LogP contribution in [-0.2, 0) is 0 Å². The molecule has 0 aliphatic carbocycles. The van der Waals surface area contributed by atoms with E-state index in [1.165, 1.54) is 24.3 Å². The van der Waals surface area contributed by atoms with E-state index < -0.39 is 12.7 Å². The summed E-state index contributed by atoms with van der Waals surface area (Å²) in [7, 11) is 0. The minimum absolute atomic E-state index is 0.166. The number of ketones is 1. The molecule has 0 N–H and O–H groups in total. The number of halogens is 4. The molecule has 0 fully saturated rings. The third-order valence-corrected chi connectivity index (χ3v) is 2.64. The standard InChI is InChI=1S/C12H13ClF3NO/c1-2-17(8-12(14,15)16)7-11(18)9-3-5-10(13)6-4-9/h3-6H,2,7-8H2,1H3. The smallest absolute Gasteiger partial charge is 0.293 e. The lowest BCUT2D eigenvalue weighted by molar-refractivity contribution is -0.144. The molecule has 0 aromatic heterocycles. The van der Waals surface area contributed by atoms with Crippen LogP contribution >= 0.6 is 11.6 Å². The van der Waals surface area contributed by atoms with Crippen molar-refractivity contribution in [2.75, 3.05) is 19.6 Å². The molecule has 1 aromatic carbocycles. The normalized spacial score (nSPS) is 11.9. The SMILES string of the molecule is CCN(CC(=O)c1ccc(Cl)cc1)CC(F)(F)F. The van der Waals surface area contributed by atoms with Crippen LogP contribution in [0.5, 0.6) is 0 Å². The van der Waals surface area contributed by atoms with Crippen molar-refractivity contribution in [1.29, 1.82) is 0 Å². The van der Waals surface area contributed by atoms with Gasteiger partial charge in [-0.2, -0.15) is 13.2 Å². The number of carbonyl (C=O) groups is 1. The molecule has 6 heteroatoms. The molecule has 0 heterocycles. The average molecular weight is 280 g/mol. The summed E-state index contributed by atoms with van der Waals surface area (Å²) in [5.74, 6) is -0.349. The molecule has 18 heavy (non-hydrogen) atoms. The van der Waals surface area contributed by atoms with Gasteiger partial charge in [-0.15, -0.1) is 0 Å². The van der Waals surface area contributed by atoms with Crippen LogP contribution in [0.15, 0.2) is 24.3 Å². The number of Topliss-reactive ketones (excluding diaryl/α,β-unsaturated/α-hetero) is 1. The number of benzene rings is 1. The first-order valence-electron chi connectivity index (χ1n) is 5.39. The summed E-state index contributed by atoms with van der Waals surface area (Å²) in [4.78, 5) is 12.8. The zero-order valence-corrected chi connectivity index (χ0v) is 10.6. The zero-order chi connectivity index (χ0) is 13.8. The Morgan fingerprint density at radius 3 is 2.28 bits per heavy atom. The summed E-state index contributed by atoms with van der Waals surface area (Å²) < 4.78 is 36.7. The summed E-state index contributed by atoms with van der Waals surface area (Å²) in [5.41, 5.74) is 0.361. The van der Waals surface area contributed by atoms with Gasteiger partial charge in [-0.1, -0.05) is 18.5 Å². The van der Waals surface area contributed by atoms with Crippen LogP contribution in [0.25, 0.3) is 0 Å². The van der Waals surface area contributed by atoms with Crippen molar-refractivity contribution >= 4 is 17.4 Å². The number of alkyl halides is 3. The largest absolute Gasteiger partial charge is 0.401 e. The monoisotopic (exact) mass is 279 g/mol. The molecular formula is C12H13ClF3NO. The number of nitrogens with zero attached hydrogens (tertiary/aromatic N) is 1. The van der Waals surface area contributed by atoms with Crippen molar-refractivity contribution < 1.29 is 18.0 Å². The molecule has 0 radical (unpaired) electrons. The van der Waals surface area contributed by atoms with Crippen molar-refractivity contribution in [3.63, 3.8) is 0 Å². The summed E-state index contributed by atoms with van der Waals surface area (Å²) in [6.07, 6.45) is -4.30. The Bertz CT molecular complexity index is 403. The highest BCUT2D eigenvalue weighted by Crippen LogP contribution is 2.17. The van der Waals surface area contributed by atoms with E-state index in [4.69, 9.17) is 11.6 Å². The van der Waals surface area contributed by atoms with Crippen molar-refractivity contribution in [3.8, 4) is 0 Å². The minimum atomic E-state index is -4.30. The van der Waals surface area contributed by atoms with Gasteiger partial charge < -0.3 is 0 Å². The van der Waals surface area contributed by atoms with Gasteiger partial charge in [0.2, 0.25) is 0 Å². The lowest BCUT2D eigenvalue weighted by atomic mass is 10.1. The van der Waals surface area contributed by atoms with Gasteiger partial charge in [-0.3, -0.25) is 9.69 Å². The van der Waals surface area contributed by atoms with Crippen LogP contribution in [-0.4, -0.2) is 36.5 Å². The van der Waals surface area contributed by atoms with E-state index >= 15 is 0 Å². The molecule has 2 nitrogen and oxygen atoms in total. The molecule has 0 saturated heterocycles. The highest BCUT2D eigenvalue weighted by atomic mass is 35.5. The summed E-state index contributed by atoms with van der Waals surface area (Å²) >= 11 is 5.67. The van der Waals surface area contributed by atoms with Crippen molar-refractivity contribution in [2.24, 2.45) is 0 Å². The highest BCUT2D eigenvalue weighted by Gasteiger charge is 2.30. The fourth-order valence-corrected chi connectivity index (χ4v) is 1.59. The molecule has 0 bridgehead atoms. The predicted molar refractivity (Wildman–Crippen MR) is 64.0 cm³/mol. The molecule has 0 spiro atoms. The number of likely N-dealkylation sites (N-methyl/N-ethyl adjacent to an activating group) is 1. The second-order valence-electron chi connectivity index (χ2n) is 3.85. The third kappa shape index (κ3) is 5.06. The quantitative estimate of drug-likeness (QED) is 0.770. The molecule has 0 amide bonds. The molecule has 1 aromatic rings. The van der Waals surface area contributed by atoms with Gasteiger partial charge in [-0.05, 0) is 30.8 Å². The Balaban J connectivity index is 2.65. The molecular weight excluding hydrogens is 267 g/mol. The zero-order valence-electron chi connectivity index (χ0n) is 9.80. The second kappa shape index (κ2) is 6.20. The van der Waals surface area contributed by atoms with E-state index in [1.807, 2.05) is 0 Å². The average Bonchev–Trinajstić information content (AvgIpc) is 2.27. The van der Waals surface area contributed by atoms with E-state index in [9.17, 15) is 18.0 Å². The lowest BCUT2D eigenvalue weighted by Gasteiger charge is -2.20. The van der Waals surface area contributed by atoms with Crippen LogP contribution in [0, 0.1) is 0 Å². The Labute approximate surface area is 108 Å². The summed E-state index contributed by atoms with van der Waals surface area (Å²) in [6.45, 7) is 0.417. The number of carbonyl (C=O) groups excluding carboxylic acids is 1. The van der Waals surface area contributed by atoms with Gasteiger partial charge in [0.1, 0.15) is 0 Å². The van der Waals surface area contributed by atoms with Crippen molar-refractivity contribution in [2.45, 2.75) is 13.1 Å². The Morgan fingerprint density at radius 1 is 1.28 bits per heavy atom. The maximum Gasteiger partial charge on any atom is 0.401 e. The predicted octanol–water partition coefficient (Wildman–Crippen LogP) is 3.41. The number of hydrogen-bond acceptors (Lipinski definition) is 2. The minimum Gasteiger partial charge on any atom is -0.293 e. The molecule has 0 unspecified atom stereocenters. The van der Waals surface area contributed by atoms with Crippen LogP contribution in [0.2, 0.25) is 5.02 Å². The van der Waals surface area contributed by atoms with E-state index in [2.05, 4.69) is 0 Å². The van der Waals surface area contributed by atoms with Gasteiger partial charge in [0.05, 0.1) is 13.1 Å². The summed E-state index contributed by atoms with van der Waals surface area (Å²) in [5, 5.41) is 0.481. The molecule has 1 rings (SSSR count). The fourth-order valence-electron chi connectivity index (χ4n) is 1.46. The third-order valence-electron chi connectivity index (χ3n) is 2.38. The van der Waals surface area contributed by atoms with Crippen LogP contribution in [0.4, 0.5) is 13.2 Å². The van der Waals surface area contributed by atoms with Gasteiger partial charge in [0.25, 0.3) is 0 Å². The second-order valence-corrected chi connectivity index (χ2v) is 4.28. The van der Waals surface area contributed by atoms with E-state index in [0.717, 1.165) is 4.90 Å². The van der Waals surface area contributed by atoms with Crippen LogP contribution in [0.3, 0.4) is 0 Å². The van der Waals surface area contributed by atoms with Gasteiger partial charge in [0, 0.05) is 10.6 Å². The van der Waals surface area contributed by atoms with Crippen molar-refractivity contribution in [1.82, 2.24) is 4.90 Å². The van der Waals surface area contributed by atoms with Crippen molar-refractivity contribution in [3.05, 3.63) is 34.9 Å². The van der Waals surface area contributed by atoms with Crippen LogP contribution in [0.1, 0.15) is 17.3 Å². The first-order chi connectivity index (χ1) is 8.31. The van der Waals surface area contributed by atoms with Gasteiger partial charge in [-0.25, -0.2) is 0 Å². The Morgan fingerprint density at radius 2 is 1.83 bits per heavy atom. The maximum atomic E-state index is 12.2. The topological polar surface area (TPSA) is 20.3 Å². The highest BCUT2D eigenvalue weighted by molar-refractivity contribution is 6.30. The Kier molecular flexibility index (Phi) is 5.16. The van der Waals surface area contributed by atoms with E-state index in [1.54, 1.807) is 6.92 Å². The molecule has 100 valence electrons. The fraction of sp³-hybridized carbons (Fsp3) is 0.417. The lowest BCUT2D eigenvalue weighted by Crippen LogP contribution is -2.37. The molecule has 0 atom stereocenters.